The van der Waals surface area contributed by atoms with Crippen LogP contribution in [-0.2, 0) is 0 Å². The Morgan fingerprint density at radius 2 is 1.75 bits per heavy atom. The van der Waals surface area contributed by atoms with Crippen molar-refractivity contribution in [3.8, 4) is 0 Å². The molecule has 0 aliphatic rings. The van der Waals surface area contributed by atoms with Crippen LogP contribution in [0.25, 0.3) is 0 Å². The van der Waals surface area contributed by atoms with Crippen LogP contribution >= 0.6 is 23.2 Å². The Morgan fingerprint density at radius 1 is 1.06 bits per heavy atom. The van der Waals surface area contributed by atoms with Gasteiger partial charge in [-0.2, -0.15) is 0 Å². The van der Waals surface area contributed by atoms with Crippen molar-refractivity contribution >= 4 is 23.2 Å². The van der Waals surface area contributed by atoms with Gasteiger partial charge in [0.15, 0.2) is 0 Å². The third kappa shape index (κ3) is 2.35. The number of pyridine rings is 1. The maximum Gasteiger partial charge on any atom is 0.0640 e. The van der Waals surface area contributed by atoms with E-state index in [1.54, 1.807) is 12.4 Å². The second-order valence-electron chi connectivity index (χ2n) is 3.43. The van der Waals surface area contributed by atoms with Crippen LogP contribution in [0.15, 0.2) is 42.7 Å². The lowest BCUT2D eigenvalue weighted by Gasteiger charge is -2.13. The normalized spacial score (nSPS) is 12.4. The van der Waals surface area contributed by atoms with Gasteiger partial charge < -0.3 is 5.73 Å². The number of hydrogen-bond acceptors (Lipinski definition) is 2. The minimum absolute atomic E-state index is 0.257. The lowest BCUT2D eigenvalue weighted by atomic mass is 10.0. The third-order valence-electron chi connectivity index (χ3n) is 2.37. The second kappa shape index (κ2) is 4.83. The van der Waals surface area contributed by atoms with E-state index >= 15 is 0 Å². The van der Waals surface area contributed by atoms with E-state index in [4.69, 9.17) is 28.9 Å². The van der Waals surface area contributed by atoms with Gasteiger partial charge >= 0.3 is 0 Å². The van der Waals surface area contributed by atoms with Gasteiger partial charge in [0.05, 0.1) is 11.1 Å². The van der Waals surface area contributed by atoms with Crippen molar-refractivity contribution in [3.05, 3.63) is 63.9 Å². The fourth-order valence-electron chi connectivity index (χ4n) is 1.49. The fraction of sp³-hybridized carbons (Fsp3) is 0.0833. The molecule has 1 aromatic carbocycles. The van der Waals surface area contributed by atoms with Crippen molar-refractivity contribution < 1.29 is 0 Å². The fourth-order valence-corrected chi connectivity index (χ4v) is 1.85. The zero-order chi connectivity index (χ0) is 11.5. The minimum Gasteiger partial charge on any atom is -0.320 e. The van der Waals surface area contributed by atoms with Gasteiger partial charge in [-0.1, -0.05) is 35.3 Å². The van der Waals surface area contributed by atoms with E-state index in [0.717, 1.165) is 11.1 Å². The molecule has 2 aromatic rings. The highest BCUT2D eigenvalue weighted by Crippen LogP contribution is 2.26. The Bertz CT molecular complexity index is 483. The molecular formula is C12H10Cl2N2. The molecule has 1 aromatic heterocycles. The number of benzene rings is 1. The van der Waals surface area contributed by atoms with Gasteiger partial charge in [-0.05, 0) is 29.3 Å². The van der Waals surface area contributed by atoms with Crippen LogP contribution in [0, 0.1) is 0 Å². The highest BCUT2D eigenvalue weighted by molar-refractivity contribution is 6.31. The third-order valence-corrected chi connectivity index (χ3v) is 2.94. The molecule has 0 saturated heterocycles. The SMILES string of the molecule is NC(c1ccc(Cl)cc1)c1ccncc1Cl. The first-order chi connectivity index (χ1) is 7.68. The quantitative estimate of drug-likeness (QED) is 0.890. The van der Waals surface area contributed by atoms with Crippen LogP contribution in [-0.4, -0.2) is 4.98 Å². The van der Waals surface area contributed by atoms with Gasteiger partial charge in [0, 0.05) is 17.4 Å². The average Bonchev–Trinajstić information content (AvgIpc) is 2.30. The Balaban J connectivity index is 2.35. The molecule has 4 heteroatoms. The number of nitrogens with zero attached hydrogens (tertiary/aromatic N) is 1. The van der Waals surface area contributed by atoms with E-state index in [1.807, 2.05) is 30.3 Å². The van der Waals surface area contributed by atoms with Crippen LogP contribution in [0.5, 0.6) is 0 Å². The van der Waals surface area contributed by atoms with Gasteiger partial charge in [0.1, 0.15) is 0 Å². The van der Waals surface area contributed by atoms with Crippen molar-refractivity contribution in [2.24, 2.45) is 5.73 Å². The molecule has 2 N–H and O–H groups in total. The van der Waals surface area contributed by atoms with Gasteiger partial charge in [-0.3, -0.25) is 4.98 Å². The number of aromatic nitrogens is 1. The highest BCUT2D eigenvalue weighted by Gasteiger charge is 2.11. The summed E-state index contributed by atoms with van der Waals surface area (Å²) in [5, 5.41) is 1.27. The minimum atomic E-state index is -0.257. The topological polar surface area (TPSA) is 38.9 Å². The Kier molecular flexibility index (Phi) is 3.44. The molecule has 0 saturated carbocycles. The lowest BCUT2D eigenvalue weighted by molar-refractivity contribution is 0.868. The van der Waals surface area contributed by atoms with Crippen LogP contribution in [0.3, 0.4) is 0 Å². The summed E-state index contributed by atoms with van der Waals surface area (Å²) >= 11 is 11.8. The first-order valence-corrected chi connectivity index (χ1v) is 5.54. The summed E-state index contributed by atoms with van der Waals surface area (Å²) in [4.78, 5) is 3.93. The summed E-state index contributed by atoms with van der Waals surface area (Å²) in [5.74, 6) is 0. The average molecular weight is 253 g/mol. The molecule has 16 heavy (non-hydrogen) atoms. The van der Waals surface area contributed by atoms with Gasteiger partial charge in [-0.25, -0.2) is 0 Å². The van der Waals surface area contributed by atoms with Gasteiger partial charge in [0.2, 0.25) is 0 Å². The van der Waals surface area contributed by atoms with E-state index in [-0.39, 0.29) is 6.04 Å². The van der Waals surface area contributed by atoms with Crippen LogP contribution in [0.2, 0.25) is 10.0 Å². The number of rotatable bonds is 2. The molecule has 1 heterocycles. The van der Waals surface area contributed by atoms with Crippen LogP contribution < -0.4 is 5.73 Å². The molecule has 0 radical (unpaired) electrons. The molecule has 0 fully saturated rings. The van der Waals surface area contributed by atoms with Gasteiger partial charge in [-0.15, -0.1) is 0 Å². The standard InChI is InChI=1S/C12H10Cl2N2/c13-9-3-1-8(2-4-9)12(15)10-5-6-16-7-11(10)14/h1-7,12H,15H2. The van der Waals surface area contributed by atoms with Crippen LogP contribution in [0.4, 0.5) is 0 Å². The van der Waals surface area contributed by atoms with Gasteiger partial charge in [0.25, 0.3) is 0 Å². The molecule has 82 valence electrons. The Labute approximate surface area is 104 Å². The highest BCUT2D eigenvalue weighted by atomic mass is 35.5. The Morgan fingerprint density at radius 3 is 2.38 bits per heavy atom. The summed E-state index contributed by atoms with van der Waals surface area (Å²) in [6.45, 7) is 0. The molecule has 0 aliphatic carbocycles. The van der Waals surface area contributed by atoms with Crippen molar-refractivity contribution in [1.29, 1.82) is 0 Å². The summed E-state index contributed by atoms with van der Waals surface area (Å²) in [6, 6.07) is 8.97. The molecule has 1 atom stereocenters. The summed E-state index contributed by atoms with van der Waals surface area (Å²) < 4.78 is 0. The largest absolute Gasteiger partial charge is 0.320 e. The first-order valence-electron chi connectivity index (χ1n) is 4.79. The van der Waals surface area contributed by atoms with E-state index < -0.39 is 0 Å². The van der Waals surface area contributed by atoms with E-state index in [0.29, 0.717) is 10.0 Å². The molecular weight excluding hydrogens is 243 g/mol. The predicted octanol–water partition coefficient (Wildman–Crippen LogP) is 3.44. The summed E-state index contributed by atoms with van der Waals surface area (Å²) in [5.41, 5.74) is 7.94. The molecule has 1 unspecified atom stereocenters. The first kappa shape index (κ1) is 11.4. The monoisotopic (exact) mass is 252 g/mol. The molecule has 2 rings (SSSR count). The second-order valence-corrected chi connectivity index (χ2v) is 4.27. The predicted molar refractivity (Wildman–Crippen MR) is 66.7 cm³/mol. The molecule has 0 bridgehead atoms. The van der Waals surface area contributed by atoms with E-state index in [2.05, 4.69) is 4.98 Å². The zero-order valence-electron chi connectivity index (χ0n) is 8.40. The summed E-state index contributed by atoms with van der Waals surface area (Å²) in [6.07, 6.45) is 3.27. The zero-order valence-corrected chi connectivity index (χ0v) is 9.91. The molecule has 0 aliphatic heterocycles. The maximum atomic E-state index is 6.11. The van der Waals surface area contributed by atoms with Crippen molar-refractivity contribution in [3.63, 3.8) is 0 Å². The summed E-state index contributed by atoms with van der Waals surface area (Å²) in [7, 11) is 0. The number of halogens is 2. The smallest absolute Gasteiger partial charge is 0.0640 e. The molecule has 0 spiro atoms. The number of nitrogens with two attached hydrogens (primary N) is 1. The molecule has 0 amide bonds. The van der Waals surface area contributed by atoms with E-state index in [9.17, 15) is 0 Å². The van der Waals surface area contributed by atoms with Crippen molar-refractivity contribution in [2.75, 3.05) is 0 Å². The Hall–Kier alpha value is -1.09. The van der Waals surface area contributed by atoms with Crippen molar-refractivity contribution in [1.82, 2.24) is 4.98 Å². The molecule has 2 nitrogen and oxygen atoms in total. The maximum absolute atomic E-state index is 6.11. The van der Waals surface area contributed by atoms with Crippen molar-refractivity contribution in [2.45, 2.75) is 6.04 Å². The number of hydrogen-bond donors (Lipinski definition) is 1. The van der Waals surface area contributed by atoms with E-state index in [1.165, 1.54) is 0 Å². The lowest BCUT2D eigenvalue weighted by Crippen LogP contribution is -2.12. The van der Waals surface area contributed by atoms with Crippen LogP contribution in [0.1, 0.15) is 17.2 Å².